The van der Waals surface area contributed by atoms with Crippen molar-refractivity contribution >= 4 is 27.3 Å². The molecule has 2 N–H and O–H groups in total. The molecule has 0 saturated heterocycles. The fraction of sp³-hybridized carbons (Fsp3) is 0.231. The summed E-state index contributed by atoms with van der Waals surface area (Å²) in [6, 6.07) is 6.67. The van der Waals surface area contributed by atoms with Crippen LogP contribution in [0.2, 0.25) is 0 Å². The Labute approximate surface area is 113 Å². The zero-order chi connectivity index (χ0) is 12.6. The highest BCUT2D eigenvalue weighted by Gasteiger charge is 2.15. The third-order valence-corrected chi connectivity index (χ3v) is 4.25. The maximum Gasteiger partial charge on any atom is 0.123 e. The normalized spacial score (nSPS) is 12.8. The van der Waals surface area contributed by atoms with Gasteiger partial charge in [-0.15, -0.1) is 11.3 Å². The molecule has 1 heterocycles. The Balaban J connectivity index is 2.43. The minimum Gasteiger partial charge on any atom is -0.320 e. The van der Waals surface area contributed by atoms with E-state index in [-0.39, 0.29) is 11.9 Å². The number of thiophene rings is 1. The van der Waals surface area contributed by atoms with Crippen LogP contribution in [0.5, 0.6) is 0 Å². The lowest BCUT2D eigenvalue weighted by molar-refractivity contribution is 0.622. The molecule has 90 valence electrons. The van der Waals surface area contributed by atoms with Gasteiger partial charge in [-0.25, -0.2) is 4.39 Å². The lowest BCUT2D eigenvalue weighted by Gasteiger charge is -2.13. The highest BCUT2D eigenvalue weighted by molar-refractivity contribution is 9.11. The number of halogens is 2. The SMILES string of the molecule is Cc1cc(F)cc(C(N)c2cc(Br)sc2C)c1. The zero-order valence-corrected chi connectivity index (χ0v) is 12.0. The highest BCUT2D eigenvalue weighted by Crippen LogP contribution is 2.32. The highest BCUT2D eigenvalue weighted by atomic mass is 79.9. The summed E-state index contributed by atoms with van der Waals surface area (Å²) in [6.07, 6.45) is 0. The first kappa shape index (κ1) is 12.7. The summed E-state index contributed by atoms with van der Waals surface area (Å²) >= 11 is 5.09. The van der Waals surface area contributed by atoms with Crippen molar-refractivity contribution in [2.75, 3.05) is 0 Å². The van der Waals surface area contributed by atoms with Crippen molar-refractivity contribution in [3.05, 3.63) is 55.4 Å². The molecule has 0 bridgehead atoms. The molecule has 17 heavy (non-hydrogen) atoms. The summed E-state index contributed by atoms with van der Waals surface area (Å²) in [5.41, 5.74) is 8.94. The first-order valence-electron chi connectivity index (χ1n) is 5.26. The molecule has 0 radical (unpaired) electrons. The fourth-order valence-corrected chi connectivity index (χ4v) is 3.65. The van der Waals surface area contributed by atoms with Crippen molar-refractivity contribution < 1.29 is 4.39 Å². The molecule has 4 heteroatoms. The Hall–Kier alpha value is -0.710. The molecule has 0 saturated carbocycles. The lowest BCUT2D eigenvalue weighted by atomic mass is 9.99. The molecule has 1 atom stereocenters. The van der Waals surface area contributed by atoms with Crippen LogP contribution in [-0.2, 0) is 0 Å². The van der Waals surface area contributed by atoms with Gasteiger partial charge in [0.2, 0.25) is 0 Å². The first-order chi connectivity index (χ1) is 7.97. The molecule has 1 aromatic carbocycles. The first-order valence-corrected chi connectivity index (χ1v) is 6.87. The summed E-state index contributed by atoms with van der Waals surface area (Å²) in [7, 11) is 0. The summed E-state index contributed by atoms with van der Waals surface area (Å²) in [6.45, 7) is 3.90. The minimum atomic E-state index is -0.271. The Kier molecular flexibility index (Phi) is 3.66. The van der Waals surface area contributed by atoms with Crippen molar-refractivity contribution in [2.45, 2.75) is 19.9 Å². The van der Waals surface area contributed by atoms with Gasteiger partial charge in [0.25, 0.3) is 0 Å². The van der Waals surface area contributed by atoms with Crippen LogP contribution in [0.15, 0.2) is 28.1 Å². The van der Waals surface area contributed by atoms with Crippen LogP contribution in [0, 0.1) is 19.7 Å². The van der Waals surface area contributed by atoms with Gasteiger partial charge in [-0.3, -0.25) is 0 Å². The summed E-state index contributed by atoms with van der Waals surface area (Å²) in [5, 5.41) is 0. The molecular weight excluding hydrogens is 301 g/mol. The Morgan fingerprint density at radius 2 is 1.94 bits per heavy atom. The van der Waals surface area contributed by atoms with E-state index in [0.717, 1.165) is 25.4 Å². The van der Waals surface area contributed by atoms with E-state index in [1.54, 1.807) is 11.3 Å². The predicted octanol–water partition coefficient (Wildman–Crippen LogP) is 4.31. The third kappa shape index (κ3) is 2.76. The Morgan fingerprint density at radius 3 is 2.47 bits per heavy atom. The van der Waals surface area contributed by atoms with Gasteiger partial charge in [-0.1, -0.05) is 6.07 Å². The van der Waals surface area contributed by atoms with Gasteiger partial charge in [-0.05, 0) is 64.7 Å². The monoisotopic (exact) mass is 313 g/mol. The number of hydrogen-bond donors (Lipinski definition) is 1. The largest absolute Gasteiger partial charge is 0.320 e. The fourth-order valence-electron chi connectivity index (χ4n) is 1.89. The second-order valence-electron chi connectivity index (χ2n) is 4.10. The van der Waals surface area contributed by atoms with Crippen molar-refractivity contribution in [1.82, 2.24) is 0 Å². The summed E-state index contributed by atoms with van der Waals surface area (Å²) in [5.74, 6) is -0.234. The number of benzene rings is 1. The van der Waals surface area contributed by atoms with Crippen LogP contribution in [0.4, 0.5) is 4.39 Å². The molecule has 0 amide bonds. The lowest BCUT2D eigenvalue weighted by Crippen LogP contribution is -2.12. The number of hydrogen-bond acceptors (Lipinski definition) is 2. The molecular formula is C13H13BrFNS. The van der Waals surface area contributed by atoms with E-state index in [1.165, 1.54) is 12.1 Å². The molecule has 2 aromatic rings. The van der Waals surface area contributed by atoms with Crippen LogP contribution in [-0.4, -0.2) is 0 Å². The van der Waals surface area contributed by atoms with E-state index in [1.807, 2.05) is 26.0 Å². The van der Waals surface area contributed by atoms with Crippen LogP contribution in [0.1, 0.15) is 27.6 Å². The maximum atomic E-state index is 13.3. The van der Waals surface area contributed by atoms with Crippen molar-refractivity contribution in [3.8, 4) is 0 Å². The molecule has 2 rings (SSSR count). The van der Waals surface area contributed by atoms with Gasteiger partial charge in [0.05, 0.1) is 9.83 Å². The maximum absolute atomic E-state index is 13.3. The Morgan fingerprint density at radius 1 is 1.24 bits per heavy atom. The van der Waals surface area contributed by atoms with Crippen molar-refractivity contribution in [2.24, 2.45) is 5.73 Å². The zero-order valence-electron chi connectivity index (χ0n) is 9.63. The molecule has 0 aliphatic rings. The van der Waals surface area contributed by atoms with Crippen LogP contribution in [0.25, 0.3) is 0 Å². The molecule has 0 aliphatic carbocycles. The van der Waals surface area contributed by atoms with Crippen LogP contribution < -0.4 is 5.73 Å². The van der Waals surface area contributed by atoms with Gasteiger partial charge < -0.3 is 5.73 Å². The quantitative estimate of drug-likeness (QED) is 0.878. The average molecular weight is 314 g/mol. The van der Waals surface area contributed by atoms with E-state index in [0.29, 0.717) is 0 Å². The van der Waals surface area contributed by atoms with Gasteiger partial charge in [0, 0.05) is 4.88 Å². The molecule has 0 fully saturated rings. The molecule has 1 unspecified atom stereocenters. The topological polar surface area (TPSA) is 26.0 Å². The number of aryl methyl sites for hydroxylation is 2. The van der Waals surface area contributed by atoms with E-state index >= 15 is 0 Å². The standard InChI is InChI=1S/C13H13BrFNS/c1-7-3-9(5-10(15)4-7)13(16)11-6-12(14)17-8(11)2/h3-6,13H,16H2,1-2H3. The Bertz CT molecular complexity index is 530. The molecule has 0 spiro atoms. The van der Waals surface area contributed by atoms with E-state index < -0.39 is 0 Å². The summed E-state index contributed by atoms with van der Waals surface area (Å²) in [4.78, 5) is 1.16. The summed E-state index contributed by atoms with van der Waals surface area (Å²) < 4.78 is 14.4. The second kappa shape index (κ2) is 4.88. The van der Waals surface area contributed by atoms with Gasteiger partial charge >= 0.3 is 0 Å². The van der Waals surface area contributed by atoms with Gasteiger partial charge in [0.1, 0.15) is 5.82 Å². The molecule has 1 nitrogen and oxygen atoms in total. The number of nitrogens with two attached hydrogens (primary N) is 1. The second-order valence-corrected chi connectivity index (χ2v) is 6.74. The minimum absolute atomic E-state index is 0.234. The smallest absolute Gasteiger partial charge is 0.123 e. The van der Waals surface area contributed by atoms with Crippen LogP contribution in [0.3, 0.4) is 0 Å². The van der Waals surface area contributed by atoms with E-state index in [2.05, 4.69) is 15.9 Å². The van der Waals surface area contributed by atoms with Crippen LogP contribution >= 0.6 is 27.3 Å². The van der Waals surface area contributed by atoms with Gasteiger partial charge in [-0.2, -0.15) is 0 Å². The predicted molar refractivity (Wildman–Crippen MR) is 73.9 cm³/mol. The number of rotatable bonds is 2. The molecule has 1 aromatic heterocycles. The van der Waals surface area contributed by atoms with E-state index in [9.17, 15) is 4.39 Å². The van der Waals surface area contributed by atoms with E-state index in [4.69, 9.17) is 5.73 Å². The van der Waals surface area contributed by atoms with Crippen molar-refractivity contribution in [1.29, 1.82) is 0 Å². The molecule has 0 aliphatic heterocycles. The third-order valence-electron chi connectivity index (χ3n) is 2.68. The average Bonchev–Trinajstić information content (AvgIpc) is 2.55. The van der Waals surface area contributed by atoms with Crippen molar-refractivity contribution in [3.63, 3.8) is 0 Å². The van der Waals surface area contributed by atoms with Gasteiger partial charge in [0.15, 0.2) is 0 Å².